The maximum absolute atomic E-state index is 12.1. The van der Waals surface area contributed by atoms with Gasteiger partial charge in [0.2, 0.25) is 0 Å². The second-order valence-electron chi connectivity index (χ2n) is 4.59. The topological polar surface area (TPSA) is 33.2 Å². The van der Waals surface area contributed by atoms with E-state index >= 15 is 0 Å². The van der Waals surface area contributed by atoms with E-state index in [2.05, 4.69) is 4.98 Å². The van der Waals surface area contributed by atoms with Crippen molar-refractivity contribution in [2.75, 3.05) is 14.1 Å². The van der Waals surface area contributed by atoms with Gasteiger partial charge in [-0.05, 0) is 19.1 Å². The zero-order chi connectivity index (χ0) is 14.7. The molecule has 0 aliphatic heterocycles. The quantitative estimate of drug-likeness (QED) is 0.631. The first-order chi connectivity index (χ1) is 9.47. The second-order valence-corrected chi connectivity index (χ2v) is 6.02. The Labute approximate surface area is 127 Å². The van der Waals surface area contributed by atoms with E-state index in [1.165, 1.54) is 11.3 Å². The molecule has 20 heavy (non-hydrogen) atoms. The first-order valence-electron chi connectivity index (χ1n) is 6.09. The molecule has 0 spiro atoms. The summed E-state index contributed by atoms with van der Waals surface area (Å²) in [6.45, 7) is 1.85. The number of benzene rings is 1. The van der Waals surface area contributed by atoms with Gasteiger partial charge in [0.1, 0.15) is 5.01 Å². The third-order valence-electron chi connectivity index (χ3n) is 2.62. The Hall–Kier alpha value is -1.65. The van der Waals surface area contributed by atoms with Crippen molar-refractivity contribution in [2.24, 2.45) is 0 Å². The van der Waals surface area contributed by atoms with Gasteiger partial charge >= 0.3 is 0 Å². The number of aryl methyl sites for hydroxylation is 1. The highest BCUT2D eigenvalue weighted by Crippen LogP contribution is 2.29. The zero-order valence-corrected chi connectivity index (χ0v) is 13.1. The molecule has 1 aromatic heterocycles. The van der Waals surface area contributed by atoms with Crippen molar-refractivity contribution >= 4 is 28.7 Å². The van der Waals surface area contributed by atoms with Gasteiger partial charge in [-0.15, -0.1) is 11.3 Å². The number of halogens is 1. The predicted octanol–water partition coefficient (Wildman–Crippen LogP) is 4.03. The molecule has 3 nitrogen and oxygen atoms in total. The Morgan fingerprint density at radius 1 is 1.40 bits per heavy atom. The molecular formula is C15H15ClN2OS. The van der Waals surface area contributed by atoms with Crippen molar-refractivity contribution in [3.63, 3.8) is 0 Å². The first kappa shape index (κ1) is 14.8. The number of thiazole rings is 1. The SMILES string of the molecule is Cc1nc(-c2cccc(Cl)c2)sc1C(=O)C=CN(C)C. The molecule has 0 saturated carbocycles. The molecule has 0 radical (unpaired) electrons. The Kier molecular flexibility index (Phi) is 4.57. The molecule has 1 heterocycles. The molecular weight excluding hydrogens is 292 g/mol. The molecule has 0 aliphatic rings. The smallest absolute Gasteiger partial charge is 0.199 e. The van der Waals surface area contributed by atoms with Crippen LogP contribution >= 0.6 is 22.9 Å². The largest absolute Gasteiger partial charge is 0.383 e. The summed E-state index contributed by atoms with van der Waals surface area (Å²) in [6, 6.07) is 7.48. The Morgan fingerprint density at radius 3 is 2.80 bits per heavy atom. The number of carbonyl (C=O) groups excluding carboxylic acids is 1. The van der Waals surface area contributed by atoms with Crippen molar-refractivity contribution in [3.05, 3.63) is 52.1 Å². The van der Waals surface area contributed by atoms with Crippen molar-refractivity contribution in [1.29, 1.82) is 0 Å². The lowest BCUT2D eigenvalue weighted by Crippen LogP contribution is -2.02. The number of nitrogens with zero attached hydrogens (tertiary/aromatic N) is 2. The lowest BCUT2D eigenvalue weighted by atomic mass is 10.2. The lowest BCUT2D eigenvalue weighted by molar-refractivity contribution is 0.104. The minimum absolute atomic E-state index is 0.0259. The summed E-state index contributed by atoms with van der Waals surface area (Å²) in [5.74, 6) is -0.0259. The van der Waals surface area contributed by atoms with Gasteiger partial charge in [-0.2, -0.15) is 0 Å². The maximum atomic E-state index is 12.1. The van der Waals surface area contributed by atoms with Gasteiger partial charge in [-0.3, -0.25) is 4.79 Å². The molecule has 0 fully saturated rings. The van der Waals surface area contributed by atoms with E-state index in [-0.39, 0.29) is 5.78 Å². The Balaban J connectivity index is 2.32. The van der Waals surface area contributed by atoms with Crippen molar-refractivity contribution in [1.82, 2.24) is 9.88 Å². The van der Waals surface area contributed by atoms with Crippen LogP contribution in [0.15, 0.2) is 36.5 Å². The van der Waals surface area contributed by atoms with E-state index < -0.39 is 0 Å². The molecule has 0 bridgehead atoms. The first-order valence-corrected chi connectivity index (χ1v) is 7.29. The van der Waals surface area contributed by atoms with Crippen LogP contribution in [0.2, 0.25) is 5.02 Å². The summed E-state index contributed by atoms with van der Waals surface area (Å²) < 4.78 is 0. The number of hydrogen-bond acceptors (Lipinski definition) is 4. The summed E-state index contributed by atoms with van der Waals surface area (Å²) in [5.41, 5.74) is 1.68. The number of rotatable bonds is 4. The molecule has 0 amide bonds. The fraction of sp³-hybridized carbons (Fsp3) is 0.200. The van der Waals surface area contributed by atoms with E-state index in [1.54, 1.807) is 12.3 Å². The molecule has 0 aliphatic carbocycles. The van der Waals surface area contributed by atoms with Crippen LogP contribution in [0.3, 0.4) is 0 Å². The Bertz CT molecular complexity index is 662. The lowest BCUT2D eigenvalue weighted by Gasteiger charge is -2.01. The number of allylic oxidation sites excluding steroid dienone is 1. The van der Waals surface area contributed by atoms with E-state index in [0.29, 0.717) is 9.90 Å². The second kappa shape index (κ2) is 6.20. The third-order valence-corrected chi connectivity index (χ3v) is 4.07. The van der Waals surface area contributed by atoms with Crippen LogP contribution in [-0.4, -0.2) is 29.8 Å². The van der Waals surface area contributed by atoms with Gasteiger partial charge in [0.05, 0.1) is 10.6 Å². The van der Waals surface area contributed by atoms with Gasteiger partial charge in [-0.25, -0.2) is 4.98 Å². The van der Waals surface area contributed by atoms with Crippen LogP contribution in [0.25, 0.3) is 10.6 Å². The number of carbonyl (C=O) groups is 1. The van der Waals surface area contributed by atoms with Crippen LogP contribution in [0.1, 0.15) is 15.4 Å². The normalized spacial score (nSPS) is 11.0. The zero-order valence-electron chi connectivity index (χ0n) is 11.6. The van der Waals surface area contributed by atoms with Crippen molar-refractivity contribution < 1.29 is 4.79 Å². The van der Waals surface area contributed by atoms with E-state index in [9.17, 15) is 4.79 Å². The highest BCUT2D eigenvalue weighted by atomic mass is 35.5. The average molecular weight is 307 g/mol. The van der Waals surface area contributed by atoms with Crippen LogP contribution in [0, 0.1) is 6.92 Å². The monoisotopic (exact) mass is 306 g/mol. The van der Waals surface area contributed by atoms with E-state index in [4.69, 9.17) is 11.6 Å². The minimum Gasteiger partial charge on any atom is -0.383 e. The fourth-order valence-corrected chi connectivity index (χ4v) is 2.84. The van der Waals surface area contributed by atoms with Crippen LogP contribution in [0.4, 0.5) is 0 Å². The molecule has 5 heteroatoms. The van der Waals surface area contributed by atoms with Gasteiger partial charge in [0.15, 0.2) is 5.78 Å². The van der Waals surface area contributed by atoms with Crippen molar-refractivity contribution in [3.8, 4) is 10.6 Å². The van der Waals surface area contributed by atoms with E-state index in [1.807, 2.05) is 50.2 Å². The van der Waals surface area contributed by atoms with Gasteiger partial charge in [-0.1, -0.05) is 23.7 Å². The maximum Gasteiger partial charge on any atom is 0.199 e. The predicted molar refractivity (Wildman–Crippen MR) is 84.5 cm³/mol. The van der Waals surface area contributed by atoms with Crippen LogP contribution in [-0.2, 0) is 0 Å². The standard InChI is InChI=1S/C15H15ClN2OS/c1-10-14(13(19)7-8-18(2)3)20-15(17-10)11-5-4-6-12(16)9-11/h4-9H,1-3H3. The summed E-state index contributed by atoms with van der Waals surface area (Å²) in [5, 5.41) is 1.47. The third kappa shape index (κ3) is 3.46. The van der Waals surface area contributed by atoms with Gasteiger partial charge < -0.3 is 4.90 Å². The summed E-state index contributed by atoms with van der Waals surface area (Å²) >= 11 is 7.37. The molecule has 0 unspecified atom stereocenters. The van der Waals surface area contributed by atoms with E-state index in [0.717, 1.165) is 16.3 Å². The van der Waals surface area contributed by atoms with Gasteiger partial charge in [0.25, 0.3) is 0 Å². The molecule has 104 valence electrons. The Morgan fingerprint density at radius 2 is 2.15 bits per heavy atom. The molecule has 2 rings (SSSR count). The van der Waals surface area contributed by atoms with Gasteiger partial charge in [0, 0.05) is 37.0 Å². The van der Waals surface area contributed by atoms with Crippen molar-refractivity contribution in [2.45, 2.75) is 6.92 Å². The summed E-state index contributed by atoms with van der Waals surface area (Å²) in [4.78, 5) is 19.1. The molecule has 1 aromatic carbocycles. The molecule has 2 aromatic rings. The highest BCUT2D eigenvalue weighted by Gasteiger charge is 2.14. The average Bonchev–Trinajstić information content (AvgIpc) is 2.78. The van der Waals surface area contributed by atoms with Crippen LogP contribution < -0.4 is 0 Å². The summed E-state index contributed by atoms with van der Waals surface area (Å²) in [7, 11) is 3.75. The number of aromatic nitrogens is 1. The fourth-order valence-electron chi connectivity index (χ4n) is 1.66. The molecule has 0 saturated heterocycles. The number of hydrogen-bond donors (Lipinski definition) is 0. The molecule has 0 atom stereocenters. The number of ketones is 1. The summed E-state index contributed by atoms with van der Waals surface area (Å²) in [6.07, 6.45) is 3.29. The highest BCUT2D eigenvalue weighted by molar-refractivity contribution is 7.17. The van der Waals surface area contributed by atoms with Crippen LogP contribution in [0.5, 0.6) is 0 Å². The minimum atomic E-state index is -0.0259. The molecule has 0 N–H and O–H groups in total.